The largest absolute Gasteiger partial charge is 0.478 e. The number of amides is 2. The molecule has 3 rings (SSSR count). The summed E-state index contributed by atoms with van der Waals surface area (Å²) in [6.45, 7) is 0. The van der Waals surface area contributed by atoms with E-state index in [1.165, 1.54) is 18.2 Å². The van der Waals surface area contributed by atoms with E-state index in [1.807, 2.05) is 6.07 Å². The van der Waals surface area contributed by atoms with Gasteiger partial charge in [0.05, 0.1) is 16.9 Å². The molecule has 0 heterocycles. The van der Waals surface area contributed by atoms with Gasteiger partial charge in [-0.1, -0.05) is 54.1 Å². The number of rotatable bonds is 9. The Morgan fingerprint density at radius 3 is 2.21 bits per heavy atom. The van der Waals surface area contributed by atoms with Crippen molar-refractivity contribution in [3.05, 3.63) is 95.0 Å². The first-order chi connectivity index (χ1) is 15.9. The number of nitrogens with one attached hydrogen (secondary N) is 2. The van der Waals surface area contributed by atoms with Gasteiger partial charge in [-0.15, -0.1) is 0 Å². The Morgan fingerprint density at radius 2 is 1.58 bits per heavy atom. The van der Waals surface area contributed by atoms with Crippen LogP contribution >= 0.6 is 11.6 Å². The van der Waals surface area contributed by atoms with E-state index >= 15 is 0 Å². The maximum atomic E-state index is 13.3. The minimum Gasteiger partial charge on any atom is -0.478 e. The zero-order chi connectivity index (χ0) is 23.8. The van der Waals surface area contributed by atoms with Crippen LogP contribution in [-0.4, -0.2) is 40.2 Å². The summed E-state index contributed by atoms with van der Waals surface area (Å²) < 4.78 is 0. The molecule has 0 aliphatic carbocycles. The van der Waals surface area contributed by atoms with Crippen molar-refractivity contribution in [2.45, 2.75) is 12.5 Å². The topological polar surface area (TPSA) is 116 Å². The molecule has 9 heteroatoms. The van der Waals surface area contributed by atoms with Crippen LogP contribution in [0.5, 0.6) is 0 Å². The van der Waals surface area contributed by atoms with Gasteiger partial charge in [-0.3, -0.25) is 19.8 Å². The van der Waals surface area contributed by atoms with Crippen LogP contribution in [0.3, 0.4) is 0 Å². The normalized spacial score (nSPS) is 11.2. The van der Waals surface area contributed by atoms with Gasteiger partial charge in [0.15, 0.2) is 0 Å². The molecule has 1 unspecified atom stereocenters. The molecule has 3 N–H and O–H groups in total. The lowest BCUT2D eigenvalue weighted by Gasteiger charge is -2.30. The van der Waals surface area contributed by atoms with Crippen molar-refractivity contribution in [3.8, 4) is 0 Å². The van der Waals surface area contributed by atoms with Gasteiger partial charge in [0.25, 0.3) is 0 Å². The van der Waals surface area contributed by atoms with Crippen molar-refractivity contribution in [2.75, 3.05) is 10.7 Å². The second-order valence-corrected chi connectivity index (χ2v) is 7.43. The third-order valence-corrected chi connectivity index (χ3v) is 4.99. The number of aldehydes is 1. The van der Waals surface area contributed by atoms with E-state index < -0.39 is 23.8 Å². The first-order valence-corrected chi connectivity index (χ1v) is 10.2. The summed E-state index contributed by atoms with van der Waals surface area (Å²) in [5.41, 5.74) is 3.91. The number of hydrazine groups is 1. The number of carboxylic acids is 1. The molecular weight excluding hydrogens is 446 g/mol. The van der Waals surface area contributed by atoms with Gasteiger partial charge in [0.2, 0.25) is 12.2 Å². The fraction of sp³-hybridized carbons (Fsp3) is 0.0833. The average Bonchev–Trinajstić information content (AvgIpc) is 2.82. The number of aromatic carboxylic acids is 1. The SMILES string of the molecule is O=CC(=O)N(Nc1ccc(Cl)cc1)C(Cc1ccccc1)C(=O)Nc1ccccc1C(=O)O. The van der Waals surface area contributed by atoms with Gasteiger partial charge in [-0.05, 0) is 42.0 Å². The molecule has 8 nitrogen and oxygen atoms in total. The highest BCUT2D eigenvalue weighted by Crippen LogP contribution is 2.20. The molecule has 0 aromatic heterocycles. The monoisotopic (exact) mass is 465 g/mol. The number of anilines is 2. The fourth-order valence-electron chi connectivity index (χ4n) is 3.14. The summed E-state index contributed by atoms with van der Waals surface area (Å²) in [6, 6.07) is 20.0. The lowest BCUT2D eigenvalue weighted by atomic mass is 10.0. The van der Waals surface area contributed by atoms with Crippen molar-refractivity contribution >= 4 is 47.0 Å². The Kier molecular flexibility index (Phi) is 7.77. The third-order valence-electron chi connectivity index (χ3n) is 4.73. The number of benzene rings is 3. The molecule has 0 saturated heterocycles. The van der Waals surface area contributed by atoms with Crippen LogP contribution in [0.2, 0.25) is 5.02 Å². The molecule has 0 spiro atoms. The van der Waals surface area contributed by atoms with Crippen LogP contribution in [0.1, 0.15) is 15.9 Å². The Hall–Kier alpha value is -4.17. The molecule has 168 valence electrons. The van der Waals surface area contributed by atoms with Crippen molar-refractivity contribution in [2.24, 2.45) is 0 Å². The number of hydrogen-bond donors (Lipinski definition) is 3. The van der Waals surface area contributed by atoms with Gasteiger partial charge in [0.1, 0.15) is 6.04 Å². The number of para-hydroxylation sites is 1. The minimum absolute atomic E-state index is 0.0576. The second-order valence-electron chi connectivity index (χ2n) is 6.99. The number of carboxylic acid groups (broad SMARTS) is 1. The molecule has 0 saturated carbocycles. The van der Waals surface area contributed by atoms with E-state index in [4.69, 9.17) is 11.6 Å². The summed E-state index contributed by atoms with van der Waals surface area (Å²) in [4.78, 5) is 48.8. The summed E-state index contributed by atoms with van der Waals surface area (Å²) in [5, 5.41) is 13.4. The Bertz CT molecular complexity index is 1150. The fourth-order valence-corrected chi connectivity index (χ4v) is 3.27. The molecule has 0 bridgehead atoms. The maximum Gasteiger partial charge on any atom is 0.337 e. The molecule has 3 aromatic carbocycles. The summed E-state index contributed by atoms with van der Waals surface area (Å²) in [5.74, 6) is -2.87. The molecule has 2 amide bonds. The van der Waals surface area contributed by atoms with E-state index in [1.54, 1.807) is 54.6 Å². The highest BCUT2D eigenvalue weighted by molar-refractivity contribution is 6.30. The van der Waals surface area contributed by atoms with Gasteiger partial charge >= 0.3 is 11.9 Å². The molecule has 0 radical (unpaired) electrons. The Morgan fingerprint density at radius 1 is 0.939 bits per heavy atom. The van der Waals surface area contributed by atoms with E-state index in [0.29, 0.717) is 10.7 Å². The highest BCUT2D eigenvalue weighted by Gasteiger charge is 2.31. The lowest BCUT2D eigenvalue weighted by Crippen LogP contribution is -2.52. The maximum absolute atomic E-state index is 13.3. The number of halogens is 1. The summed E-state index contributed by atoms with van der Waals surface area (Å²) in [6.07, 6.45) is 0.154. The van der Waals surface area contributed by atoms with Crippen molar-refractivity contribution < 1.29 is 24.3 Å². The molecule has 0 aliphatic rings. The third kappa shape index (κ3) is 6.18. The van der Waals surface area contributed by atoms with Gasteiger partial charge in [-0.2, -0.15) is 0 Å². The number of nitrogens with zero attached hydrogens (tertiary/aromatic N) is 1. The van der Waals surface area contributed by atoms with Crippen LogP contribution in [0.4, 0.5) is 11.4 Å². The van der Waals surface area contributed by atoms with E-state index in [9.17, 15) is 24.3 Å². The lowest BCUT2D eigenvalue weighted by molar-refractivity contribution is -0.141. The van der Waals surface area contributed by atoms with E-state index in [0.717, 1.165) is 10.6 Å². The van der Waals surface area contributed by atoms with Crippen LogP contribution in [-0.2, 0) is 20.8 Å². The average molecular weight is 466 g/mol. The zero-order valence-corrected chi connectivity index (χ0v) is 18.0. The predicted octanol–water partition coefficient (Wildman–Crippen LogP) is 3.64. The number of carbonyl (C=O) groups excluding carboxylic acids is 3. The van der Waals surface area contributed by atoms with Gasteiger partial charge in [-0.25, -0.2) is 9.80 Å². The van der Waals surface area contributed by atoms with Crippen LogP contribution in [0.15, 0.2) is 78.9 Å². The zero-order valence-electron chi connectivity index (χ0n) is 17.3. The first kappa shape index (κ1) is 23.5. The molecule has 3 aromatic rings. The number of hydrogen-bond acceptors (Lipinski definition) is 5. The predicted molar refractivity (Wildman–Crippen MR) is 124 cm³/mol. The van der Waals surface area contributed by atoms with E-state index in [2.05, 4.69) is 10.7 Å². The quantitative estimate of drug-likeness (QED) is 0.252. The van der Waals surface area contributed by atoms with Gasteiger partial charge in [0, 0.05) is 11.4 Å². The minimum atomic E-state index is -1.22. The van der Waals surface area contributed by atoms with Crippen LogP contribution < -0.4 is 10.7 Å². The summed E-state index contributed by atoms with van der Waals surface area (Å²) in [7, 11) is 0. The highest BCUT2D eigenvalue weighted by atomic mass is 35.5. The number of carbonyl (C=O) groups is 4. The molecule has 33 heavy (non-hydrogen) atoms. The molecule has 0 fully saturated rings. The molecular formula is C24H20ClN3O5. The van der Waals surface area contributed by atoms with Crippen LogP contribution in [0.25, 0.3) is 0 Å². The summed E-state index contributed by atoms with van der Waals surface area (Å²) >= 11 is 5.91. The first-order valence-electron chi connectivity index (χ1n) is 9.86. The second kappa shape index (κ2) is 10.9. The van der Waals surface area contributed by atoms with Crippen LogP contribution in [0, 0.1) is 0 Å². The van der Waals surface area contributed by atoms with Gasteiger partial charge < -0.3 is 10.4 Å². The molecule has 1 atom stereocenters. The molecule has 0 aliphatic heterocycles. The van der Waals surface area contributed by atoms with Crippen molar-refractivity contribution in [1.82, 2.24) is 5.01 Å². The van der Waals surface area contributed by atoms with Crippen molar-refractivity contribution in [3.63, 3.8) is 0 Å². The standard InChI is InChI=1S/C24H20ClN3O5/c25-17-10-12-18(13-11-17)27-28(22(30)15-29)21(14-16-6-2-1-3-7-16)23(31)26-20-9-5-4-8-19(20)24(32)33/h1-13,15,21,27H,14H2,(H,26,31)(H,32,33). The van der Waals surface area contributed by atoms with E-state index in [-0.39, 0.29) is 24.0 Å². The smallest absolute Gasteiger partial charge is 0.337 e. The Balaban J connectivity index is 1.98. The van der Waals surface area contributed by atoms with Crippen molar-refractivity contribution in [1.29, 1.82) is 0 Å². The Labute approximate surface area is 194 Å².